The molecule has 5 nitrogen and oxygen atoms in total. The fourth-order valence-electron chi connectivity index (χ4n) is 3.89. The van der Waals surface area contributed by atoms with Crippen LogP contribution in [0.1, 0.15) is 62.8 Å². The first kappa shape index (κ1) is 23.6. The molecule has 2 aromatic heterocycles. The van der Waals surface area contributed by atoms with Crippen molar-refractivity contribution < 1.29 is 13.9 Å². The van der Waals surface area contributed by atoms with Crippen molar-refractivity contribution in [2.24, 2.45) is 0 Å². The lowest BCUT2D eigenvalue weighted by Gasteiger charge is -2.12. The molecular weight excluding hydrogens is 400 g/mol. The van der Waals surface area contributed by atoms with E-state index in [0.29, 0.717) is 0 Å². The number of hydrogen-bond donors (Lipinski definition) is 1. The molecule has 1 amide bonds. The maximum Gasteiger partial charge on any atom is 0.244 e. The zero-order chi connectivity index (χ0) is 22.8. The number of rotatable bonds is 12. The molecule has 170 valence electrons. The molecule has 3 aromatic rings. The van der Waals surface area contributed by atoms with E-state index in [1.54, 1.807) is 25.5 Å². The predicted molar refractivity (Wildman–Crippen MR) is 130 cm³/mol. The van der Waals surface area contributed by atoms with Gasteiger partial charge in [-0.15, -0.1) is 0 Å². The Morgan fingerprint density at radius 1 is 1.22 bits per heavy atom. The number of nitrogens with zero attached hydrogens (tertiary/aromatic N) is 1. The molecule has 2 heterocycles. The van der Waals surface area contributed by atoms with E-state index in [-0.39, 0.29) is 11.9 Å². The first-order valence-electron chi connectivity index (χ1n) is 11.6. The molecule has 0 aliphatic rings. The van der Waals surface area contributed by atoms with Crippen LogP contribution in [0.5, 0.6) is 5.75 Å². The van der Waals surface area contributed by atoms with Gasteiger partial charge >= 0.3 is 0 Å². The topological polar surface area (TPSA) is 64.4 Å². The van der Waals surface area contributed by atoms with Crippen molar-refractivity contribution in [3.8, 4) is 5.75 Å². The van der Waals surface area contributed by atoms with Gasteiger partial charge in [-0.05, 0) is 68.9 Å². The SMILES string of the molecule is CCCCCc1c(/C=C/C(=O)N[C@H](C)CCCc2cccnc2)oc2cc(OC)ccc12. The molecule has 0 aliphatic carbocycles. The molecule has 0 spiro atoms. The third-order valence-corrected chi connectivity index (χ3v) is 5.66. The fourth-order valence-corrected chi connectivity index (χ4v) is 3.89. The Balaban J connectivity index is 1.61. The number of furan rings is 1. The Hall–Kier alpha value is -3.08. The summed E-state index contributed by atoms with van der Waals surface area (Å²) in [5.41, 5.74) is 3.17. The van der Waals surface area contributed by atoms with Crippen molar-refractivity contribution in [1.29, 1.82) is 0 Å². The summed E-state index contributed by atoms with van der Waals surface area (Å²) in [6.45, 7) is 4.24. The van der Waals surface area contributed by atoms with E-state index in [2.05, 4.69) is 23.3 Å². The van der Waals surface area contributed by atoms with Crippen LogP contribution in [-0.4, -0.2) is 24.0 Å². The second kappa shape index (κ2) is 12.1. The lowest BCUT2D eigenvalue weighted by molar-refractivity contribution is -0.117. The van der Waals surface area contributed by atoms with Crippen molar-refractivity contribution in [3.05, 3.63) is 65.7 Å². The van der Waals surface area contributed by atoms with E-state index >= 15 is 0 Å². The molecule has 5 heteroatoms. The largest absolute Gasteiger partial charge is 0.497 e. The summed E-state index contributed by atoms with van der Waals surface area (Å²) in [6, 6.07) is 10.0. The van der Waals surface area contributed by atoms with Crippen LogP contribution in [0, 0.1) is 0 Å². The van der Waals surface area contributed by atoms with Crippen molar-refractivity contribution in [2.75, 3.05) is 7.11 Å². The van der Waals surface area contributed by atoms with Gasteiger partial charge in [-0.3, -0.25) is 9.78 Å². The number of pyridine rings is 1. The Bertz CT molecular complexity index is 1020. The molecule has 0 radical (unpaired) electrons. The quantitative estimate of drug-likeness (QED) is 0.276. The second-order valence-corrected chi connectivity index (χ2v) is 8.26. The number of hydrogen-bond acceptors (Lipinski definition) is 4. The molecule has 0 aliphatic heterocycles. The van der Waals surface area contributed by atoms with E-state index < -0.39 is 0 Å². The van der Waals surface area contributed by atoms with E-state index in [4.69, 9.17) is 9.15 Å². The highest BCUT2D eigenvalue weighted by atomic mass is 16.5. The summed E-state index contributed by atoms with van der Waals surface area (Å²) in [6.07, 6.45) is 14.3. The van der Waals surface area contributed by atoms with Crippen LogP contribution in [0.15, 0.2) is 53.2 Å². The van der Waals surface area contributed by atoms with Crippen molar-refractivity contribution in [1.82, 2.24) is 10.3 Å². The number of aryl methyl sites for hydroxylation is 2. The van der Waals surface area contributed by atoms with Gasteiger partial charge in [0.05, 0.1) is 7.11 Å². The maximum absolute atomic E-state index is 12.5. The molecule has 0 saturated carbocycles. The number of fused-ring (bicyclic) bond motifs is 1. The van der Waals surface area contributed by atoms with Crippen LogP contribution in [0.3, 0.4) is 0 Å². The molecule has 32 heavy (non-hydrogen) atoms. The minimum atomic E-state index is -0.101. The smallest absolute Gasteiger partial charge is 0.244 e. The lowest BCUT2D eigenvalue weighted by Crippen LogP contribution is -2.31. The van der Waals surface area contributed by atoms with Gasteiger partial charge in [0.25, 0.3) is 0 Å². The molecule has 0 fully saturated rings. The third kappa shape index (κ3) is 6.71. The zero-order valence-corrected chi connectivity index (χ0v) is 19.4. The minimum Gasteiger partial charge on any atom is -0.497 e. The Morgan fingerprint density at radius 2 is 2.09 bits per heavy atom. The number of benzene rings is 1. The molecule has 3 rings (SSSR count). The zero-order valence-electron chi connectivity index (χ0n) is 19.4. The minimum absolute atomic E-state index is 0.101. The van der Waals surface area contributed by atoms with Gasteiger partial charge in [-0.1, -0.05) is 25.8 Å². The highest BCUT2D eigenvalue weighted by Gasteiger charge is 2.13. The first-order chi connectivity index (χ1) is 15.6. The lowest BCUT2D eigenvalue weighted by atomic mass is 10.0. The fraction of sp³-hybridized carbons (Fsp3) is 0.407. The number of ether oxygens (including phenoxy) is 1. The average molecular weight is 435 g/mol. The van der Waals surface area contributed by atoms with Crippen LogP contribution in [0.2, 0.25) is 0 Å². The van der Waals surface area contributed by atoms with Crippen LogP contribution in [0.25, 0.3) is 17.0 Å². The Labute approximate surface area is 190 Å². The molecule has 0 saturated heterocycles. The first-order valence-corrected chi connectivity index (χ1v) is 11.6. The third-order valence-electron chi connectivity index (χ3n) is 5.66. The maximum atomic E-state index is 12.5. The number of aromatic nitrogens is 1. The Kier molecular flexibility index (Phi) is 8.90. The van der Waals surface area contributed by atoms with Gasteiger partial charge in [-0.25, -0.2) is 0 Å². The molecule has 1 aromatic carbocycles. The standard InChI is InChI=1S/C27H34N2O3/c1-4-5-6-12-23-24-14-13-22(31-3)18-26(24)32-25(23)15-16-27(30)29-20(2)9-7-10-21-11-8-17-28-19-21/h8,11,13-20H,4-7,9-10,12H2,1-3H3,(H,29,30)/b16-15+/t20-/m1/s1. The number of nitrogens with one attached hydrogen (secondary N) is 1. The van der Waals surface area contributed by atoms with Crippen molar-refractivity contribution in [2.45, 2.75) is 64.8 Å². The van der Waals surface area contributed by atoms with E-state index in [1.165, 1.54) is 12.0 Å². The summed E-state index contributed by atoms with van der Waals surface area (Å²) in [5.74, 6) is 1.42. The van der Waals surface area contributed by atoms with E-state index in [1.807, 2.05) is 37.4 Å². The van der Waals surface area contributed by atoms with Gasteiger partial charge < -0.3 is 14.5 Å². The predicted octanol–water partition coefficient (Wildman–Crippen LogP) is 6.11. The van der Waals surface area contributed by atoms with Gasteiger partial charge in [0.2, 0.25) is 5.91 Å². The molecule has 1 N–H and O–H groups in total. The molecular formula is C27H34N2O3. The summed E-state index contributed by atoms with van der Waals surface area (Å²) in [4.78, 5) is 16.6. The number of methoxy groups -OCH3 is 1. The van der Waals surface area contributed by atoms with Crippen LogP contribution < -0.4 is 10.1 Å². The van der Waals surface area contributed by atoms with Crippen molar-refractivity contribution >= 4 is 23.0 Å². The summed E-state index contributed by atoms with van der Waals surface area (Å²) < 4.78 is 11.4. The highest BCUT2D eigenvalue weighted by Crippen LogP contribution is 2.31. The summed E-state index contributed by atoms with van der Waals surface area (Å²) >= 11 is 0. The number of amides is 1. The number of carbonyl (C=O) groups excluding carboxylic acids is 1. The van der Waals surface area contributed by atoms with E-state index in [9.17, 15) is 4.79 Å². The average Bonchev–Trinajstić information content (AvgIpc) is 3.15. The van der Waals surface area contributed by atoms with Crippen LogP contribution >= 0.6 is 0 Å². The number of carbonyl (C=O) groups is 1. The van der Waals surface area contributed by atoms with Gasteiger partial charge in [0.15, 0.2) is 0 Å². The normalized spacial score (nSPS) is 12.3. The summed E-state index contributed by atoms with van der Waals surface area (Å²) in [5, 5.41) is 4.15. The van der Waals surface area contributed by atoms with Crippen molar-refractivity contribution in [3.63, 3.8) is 0 Å². The van der Waals surface area contributed by atoms with Crippen LogP contribution in [-0.2, 0) is 17.6 Å². The summed E-state index contributed by atoms with van der Waals surface area (Å²) in [7, 11) is 1.65. The Morgan fingerprint density at radius 3 is 2.84 bits per heavy atom. The molecule has 1 atom stereocenters. The van der Waals surface area contributed by atoms with Crippen LogP contribution in [0.4, 0.5) is 0 Å². The molecule has 0 bridgehead atoms. The second-order valence-electron chi connectivity index (χ2n) is 8.26. The van der Waals surface area contributed by atoms with Gasteiger partial charge in [0.1, 0.15) is 17.1 Å². The molecule has 0 unspecified atom stereocenters. The van der Waals surface area contributed by atoms with Gasteiger partial charge in [0, 0.05) is 41.5 Å². The van der Waals surface area contributed by atoms with Gasteiger partial charge in [-0.2, -0.15) is 0 Å². The number of unbranched alkanes of at least 4 members (excludes halogenated alkanes) is 2. The monoisotopic (exact) mass is 434 g/mol. The van der Waals surface area contributed by atoms with E-state index in [0.717, 1.165) is 66.6 Å². The highest BCUT2D eigenvalue weighted by molar-refractivity contribution is 5.93.